The van der Waals surface area contributed by atoms with Crippen molar-refractivity contribution in [2.45, 2.75) is 43.5 Å². The van der Waals surface area contributed by atoms with Gasteiger partial charge in [-0.15, -0.1) is 0 Å². The number of nitrogens with zero attached hydrogens (tertiary/aromatic N) is 3. The van der Waals surface area contributed by atoms with E-state index in [0.717, 1.165) is 11.8 Å². The number of benzene rings is 4. The summed E-state index contributed by atoms with van der Waals surface area (Å²) >= 11 is 0. The fourth-order valence-electron chi connectivity index (χ4n) is 5.86. The van der Waals surface area contributed by atoms with Crippen LogP contribution >= 0.6 is 0 Å². The van der Waals surface area contributed by atoms with E-state index in [1.165, 1.54) is 10.6 Å². The minimum atomic E-state index is -4.02. The van der Waals surface area contributed by atoms with Crippen LogP contribution in [0.5, 0.6) is 0 Å². The quantitative estimate of drug-likeness (QED) is 0.163. The van der Waals surface area contributed by atoms with Gasteiger partial charge in [-0.25, -0.2) is 22.6 Å². The smallest absolute Gasteiger partial charge is 0.330 e. The Hall–Kier alpha value is -5.23. The molecule has 3 N–H and O–H groups in total. The maximum absolute atomic E-state index is 14.9. The minimum Gasteiger partial charge on any atom is -0.377 e. The van der Waals surface area contributed by atoms with E-state index in [4.69, 9.17) is 4.98 Å². The van der Waals surface area contributed by atoms with E-state index < -0.39 is 27.2 Å². The van der Waals surface area contributed by atoms with Crippen molar-refractivity contribution >= 4 is 43.3 Å². The number of hydrogen-bond acceptors (Lipinski definition) is 6. The highest BCUT2D eigenvalue weighted by Crippen LogP contribution is 2.34. The van der Waals surface area contributed by atoms with Gasteiger partial charge >= 0.3 is 5.69 Å². The summed E-state index contributed by atoms with van der Waals surface area (Å²) in [5.74, 6) is -0.565. The lowest BCUT2D eigenvalue weighted by Crippen LogP contribution is -2.30. The van der Waals surface area contributed by atoms with Crippen molar-refractivity contribution in [2.24, 2.45) is 0 Å². The molecule has 10 nitrogen and oxygen atoms in total. The molecule has 0 spiro atoms. The van der Waals surface area contributed by atoms with Crippen molar-refractivity contribution < 1.29 is 12.8 Å². The van der Waals surface area contributed by atoms with Gasteiger partial charge < -0.3 is 9.88 Å². The largest absolute Gasteiger partial charge is 0.377 e. The van der Waals surface area contributed by atoms with Crippen molar-refractivity contribution in [3.8, 4) is 0 Å². The van der Waals surface area contributed by atoms with Gasteiger partial charge in [-0.05, 0) is 53.6 Å². The molecule has 47 heavy (non-hydrogen) atoms. The lowest BCUT2D eigenvalue weighted by atomic mass is 9.91. The Labute approximate surface area is 271 Å². The number of fused-ring (bicyclic) bond motifs is 2. The Balaban J connectivity index is 1.40. The SMILES string of the molecule is CCCCn1c(=O)[nH]c(=O)c2[nH]c(C(Cc3ccccc3F)c3ccc(NS(=O)(=O)c4c(N(C)C)ccc5ccccc45)cc3)nc21. The molecule has 2 heterocycles. The zero-order valence-corrected chi connectivity index (χ0v) is 27.1. The molecule has 6 aromatic rings. The monoisotopic (exact) mass is 654 g/mol. The Bertz CT molecular complexity index is 2310. The molecule has 0 amide bonds. The van der Waals surface area contributed by atoms with E-state index in [1.54, 1.807) is 79.7 Å². The predicted molar refractivity (Wildman–Crippen MR) is 183 cm³/mol. The number of H-pyrrole nitrogens is 2. The fourth-order valence-corrected chi connectivity index (χ4v) is 7.41. The molecule has 0 fully saturated rings. The number of hydrogen-bond donors (Lipinski definition) is 3. The van der Waals surface area contributed by atoms with Crippen molar-refractivity contribution in [1.29, 1.82) is 0 Å². The Kier molecular flexibility index (Phi) is 8.69. The second kappa shape index (κ2) is 12.9. The molecule has 1 unspecified atom stereocenters. The molecular formula is C35H35FN6O4S. The third-order valence-corrected chi connectivity index (χ3v) is 9.74. The second-order valence-corrected chi connectivity index (χ2v) is 13.3. The fraction of sp³-hybridized carbons (Fsp3) is 0.229. The van der Waals surface area contributed by atoms with Gasteiger partial charge in [0.2, 0.25) is 0 Å². The van der Waals surface area contributed by atoms with E-state index in [9.17, 15) is 22.4 Å². The maximum atomic E-state index is 14.9. The molecule has 0 aliphatic heterocycles. The Morgan fingerprint density at radius 1 is 0.936 bits per heavy atom. The topological polar surface area (TPSA) is 133 Å². The average molecular weight is 655 g/mol. The van der Waals surface area contributed by atoms with Gasteiger partial charge in [-0.1, -0.05) is 74.0 Å². The van der Waals surface area contributed by atoms with Gasteiger partial charge in [0.25, 0.3) is 15.6 Å². The summed E-state index contributed by atoms with van der Waals surface area (Å²) in [5.41, 5.74) is 1.29. The Morgan fingerprint density at radius 3 is 2.38 bits per heavy atom. The number of aryl methyl sites for hydroxylation is 1. The molecule has 0 saturated heterocycles. The molecule has 0 saturated carbocycles. The summed E-state index contributed by atoms with van der Waals surface area (Å²) in [6.07, 6.45) is 1.75. The summed E-state index contributed by atoms with van der Waals surface area (Å²) in [6.45, 7) is 2.38. The van der Waals surface area contributed by atoms with Gasteiger partial charge in [-0.2, -0.15) is 0 Å². The highest BCUT2D eigenvalue weighted by molar-refractivity contribution is 7.93. The number of aromatic amines is 2. The number of anilines is 2. The number of sulfonamides is 1. The average Bonchev–Trinajstić information content (AvgIpc) is 3.49. The molecule has 242 valence electrons. The molecule has 0 aliphatic carbocycles. The first kappa shape index (κ1) is 31.7. The van der Waals surface area contributed by atoms with Crippen LogP contribution in [0.25, 0.3) is 21.9 Å². The van der Waals surface area contributed by atoms with E-state index >= 15 is 0 Å². The van der Waals surface area contributed by atoms with Crippen LogP contribution in [0.2, 0.25) is 0 Å². The van der Waals surface area contributed by atoms with Crippen LogP contribution < -0.4 is 20.9 Å². The number of imidazole rings is 1. The Morgan fingerprint density at radius 2 is 1.66 bits per heavy atom. The first-order valence-electron chi connectivity index (χ1n) is 15.4. The second-order valence-electron chi connectivity index (χ2n) is 11.7. The van der Waals surface area contributed by atoms with Gasteiger partial charge in [0.15, 0.2) is 5.65 Å². The molecule has 6 rings (SSSR count). The van der Waals surface area contributed by atoms with Crippen LogP contribution in [0.3, 0.4) is 0 Å². The van der Waals surface area contributed by atoms with Gasteiger partial charge in [0.05, 0.1) is 5.69 Å². The predicted octanol–water partition coefficient (Wildman–Crippen LogP) is 5.75. The van der Waals surface area contributed by atoms with Crippen LogP contribution in [0, 0.1) is 5.82 Å². The van der Waals surface area contributed by atoms with Crippen LogP contribution in [0.4, 0.5) is 15.8 Å². The van der Waals surface area contributed by atoms with Gasteiger partial charge in [0.1, 0.15) is 22.1 Å². The van der Waals surface area contributed by atoms with E-state index in [-0.39, 0.29) is 28.3 Å². The number of halogens is 1. The summed E-state index contributed by atoms with van der Waals surface area (Å²) in [7, 11) is -0.435. The number of rotatable bonds is 11. The lowest BCUT2D eigenvalue weighted by Gasteiger charge is -2.20. The van der Waals surface area contributed by atoms with Crippen molar-refractivity contribution in [1.82, 2.24) is 19.5 Å². The normalized spacial score (nSPS) is 12.4. The zero-order chi connectivity index (χ0) is 33.3. The highest BCUT2D eigenvalue weighted by Gasteiger charge is 2.25. The molecule has 1 atom stereocenters. The molecular weight excluding hydrogens is 619 g/mol. The first-order valence-corrected chi connectivity index (χ1v) is 16.8. The first-order chi connectivity index (χ1) is 22.6. The summed E-state index contributed by atoms with van der Waals surface area (Å²) in [4.78, 5) is 37.6. The van der Waals surface area contributed by atoms with Crippen molar-refractivity contribution in [3.63, 3.8) is 0 Å². The summed E-state index contributed by atoms with van der Waals surface area (Å²) < 4.78 is 46.8. The number of nitrogens with one attached hydrogen (secondary N) is 3. The lowest BCUT2D eigenvalue weighted by molar-refractivity contribution is 0.597. The molecule has 0 radical (unpaired) electrons. The third kappa shape index (κ3) is 6.28. The van der Waals surface area contributed by atoms with Crippen LogP contribution in [0.15, 0.2) is 99.4 Å². The molecule has 12 heteroatoms. The van der Waals surface area contributed by atoms with Gasteiger partial charge in [-0.3, -0.25) is 19.1 Å². The minimum absolute atomic E-state index is 0.158. The summed E-state index contributed by atoms with van der Waals surface area (Å²) in [6, 6.07) is 24.2. The molecule has 0 aliphatic rings. The number of unbranched alkanes of at least 4 members (excludes halogenated alkanes) is 1. The molecule has 4 aromatic carbocycles. The van der Waals surface area contributed by atoms with Crippen molar-refractivity contribution in [2.75, 3.05) is 23.7 Å². The number of aromatic nitrogens is 4. The van der Waals surface area contributed by atoms with E-state index in [1.807, 2.05) is 25.1 Å². The van der Waals surface area contributed by atoms with Crippen molar-refractivity contribution in [3.05, 3.63) is 129 Å². The third-order valence-electron chi connectivity index (χ3n) is 8.27. The zero-order valence-electron chi connectivity index (χ0n) is 26.2. The van der Waals surface area contributed by atoms with E-state index in [2.05, 4.69) is 14.7 Å². The van der Waals surface area contributed by atoms with Crippen LogP contribution in [0.1, 0.15) is 42.6 Å². The molecule has 0 bridgehead atoms. The van der Waals surface area contributed by atoms with E-state index in [0.29, 0.717) is 46.7 Å². The highest BCUT2D eigenvalue weighted by atomic mass is 32.2. The van der Waals surface area contributed by atoms with Crippen LogP contribution in [-0.2, 0) is 23.0 Å². The van der Waals surface area contributed by atoms with Crippen LogP contribution in [-0.4, -0.2) is 42.0 Å². The standard InChI is InChI=1S/C35H35FN6O4S/c1-4-5-20-42-33-30(34(43)39-35(42)44)37-32(38-33)27(21-24-11-7-9-13-28(24)36)23-14-17-25(18-15-23)40-47(45,46)31-26-12-8-6-10-22(26)16-19-29(31)41(2)3/h6-19,27,40H,4-5,20-21H2,1-3H3,(H,37,38)(H,39,43,44). The summed E-state index contributed by atoms with van der Waals surface area (Å²) in [5, 5.41) is 1.40. The molecule has 2 aromatic heterocycles. The maximum Gasteiger partial charge on any atom is 0.330 e. The van der Waals surface area contributed by atoms with Gasteiger partial charge in [0, 0.05) is 37.6 Å².